The molecule has 0 heterocycles. The Balaban J connectivity index is 4.46. The smallest absolute Gasteiger partial charge is 0.320 e. The van der Waals surface area contributed by atoms with Gasteiger partial charge in [-0.3, -0.25) is 14.9 Å². The molecule has 1 amide bonds. The summed E-state index contributed by atoms with van der Waals surface area (Å²) in [6, 6.07) is -1.28. The van der Waals surface area contributed by atoms with Gasteiger partial charge < -0.3 is 10.8 Å². The van der Waals surface area contributed by atoms with Gasteiger partial charge in [0.25, 0.3) is 0 Å². The minimum Gasteiger partial charge on any atom is -0.480 e. The van der Waals surface area contributed by atoms with Gasteiger partial charge in [0, 0.05) is 0 Å². The van der Waals surface area contributed by atoms with Gasteiger partial charge in [-0.05, 0) is 12.3 Å². The van der Waals surface area contributed by atoms with Gasteiger partial charge in [0.2, 0.25) is 5.91 Å². The molecule has 5 nitrogen and oxygen atoms in total. The van der Waals surface area contributed by atoms with Crippen molar-refractivity contribution in [2.24, 2.45) is 11.7 Å². The Morgan fingerprint density at radius 2 is 1.93 bits per heavy atom. The maximum Gasteiger partial charge on any atom is 0.320 e. The van der Waals surface area contributed by atoms with Crippen LogP contribution in [0.15, 0.2) is 0 Å². The van der Waals surface area contributed by atoms with Crippen LogP contribution < -0.4 is 11.1 Å². The van der Waals surface area contributed by atoms with E-state index in [2.05, 4.69) is 5.32 Å². The average molecular weight is 216 g/mol. The van der Waals surface area contributed by atoms with Crippen LogP contribution >= 0.6 is 0 Å². The first-order valence-corrected chi connectivity index (χ1v) is 5.18. The second-order valence-electron chi connectivity index (χ2n) is 3.97. The fourth-order valence-electron chi connectivity index (χ4n) is 1.39. The summed E-state index contributed by atoms with van der Waals surface area (Å²) >= 11 is 0. The molecule has 0 radical (unpaired) electrons. The zero-order valence-corrected chi connectivity index (χ0v) is 9.49. The summed E-state index contributed by atoms with van der Waals surface area (Å²) in [4.78, 5) is 21.9. The Labute approximate surface area is 90.0 Å². The van der Waals surface area contributed by atoms with E-state index in [1.807, 2.05) is 20.8 Å². The normalized spacial score (nSPS) is 14.9. The van der Waals surface area contributed by atoms with Crippen molar-refractivity contribution in [3.05, 3.63) is 0 Å². The molecule has 0 saturated heterocycles. The summed E-state index contributed by atoms with van der Waals surface area (Å²) in [6.07, 6.45) is 1.24. The predicted molar refractivity (Wildman–Crippen MR) is 57.3 cm³/mol. The van der Waals surface area contributed by atoms with Crippen LogP contribution in [0.4, 0.5) is 0 Å². The number of hydrogen-bond donors (Lipinski definition) is 3. The molecule has 0 saturated carbocycles. The maximum atomic E-state index is 11.1. The lowest BCUT2D eigenvalue weighted by molar-refractivity contribution is -0.140. The lowest BCUT2D eigenvalue weighted by atomic mass is 10.0. The molecular formula is C10H20N2O3. The molecule has 5 heteroatoms. The molecule has 0 fully saturated rings. The summed E-state index contributed by atoms with van der Waals surface area (Å²) in [5, 5.41) is 11.7. The van der Waals surface area contributed by atoms with Crippen LogP contribution in [0, 0.1) is 5.92 Å². The van der Waals surface area contributed by atoms with Gasteiger partial charge in [0.05, 0.1) is 6.04 Å². The van der Waals surface area contributed by atoms with Crippen LogP contribution in [0.2, 0.25) is 0 Å². The number of hydrogen-bond acceptors (Lipinski definition) is 3. The Kier molecular flexibility index (Phi) is 5.93. The van der Waals surface area contributed by atoms with Crippen molar-refractivity contribution >= 4 is 11.9 Å². The number of carboxylic acids is 1. The standard InChI is InChI=1S/C10H20N2O3/c1-4-5-7(10(14)15)12-8(6(2)3)9(11)13/h6-8,12H,4-5H2,1-3H3,(H2,11,13)(H,14,15). The topological polar surface area (TPSA) is 92.4 Å². The number of amides is 1. The lowest BCUT2D eigenvalue weighted by Crippen LogP contribution is -2.52. The van der Waals surface area contributed by atoms with Gasteiger partial charge >= 0.3 is 5.97 Å². The van der Waals surface area contributed by atoms with Crippen LogP contribution in [0.3, 0.4) is 0 Å². The second-order valence-corrected chi connectivity index (χ2v) is 3.97. The van der Waals surface area contributed by atoms with Crippen LogP contribution in [-0.2, 0) is 9.59 Å². The molecular weight excluding hydrogens is 196 g/mol. The average Bonchev–Trinajstić information content (AvgIpc) is 2.10. The quantitative estimate of drug-likeness (QED) is 0.572. The van der Waals surface area contributed by atoms with E-state index in [-0.39, 0.29) is 5.92 Å². The predicted octanol–water partition coefficient (Wildman–Crippen LogP) is 0.339. The van der Waals surface area contributed by atoms with E-state index >= 15 is 0 Å². The van der Waals surface area contributed by atoms with Gasteiger partial charge in [-0.15, -0.1) is 0 Å². The molecule has 88 valence electrons. The highest BCUT2D eigenvalue weighted by molar-refractivity contribution is 5.81. The summed E-state index contributed by atoms with van der Waals surface area (Å²) in [7, 11) is 0. The van der Waals surface area contributed by atoms with Crippen molar-refractivity contribution in [3.63, 3.8) is 0 Å². The number of carbonyl (C=O) groups is 2. The van der Waals surface area contributed by atoms with Crippen molar-refractivity contribution in [2.75, 3.05) is 0 Å². The van der Waals surface area contributed by atoms with Crippen LogP contribution in [0.1, 0.15) is 33.6 Å². The zero-order valence-electron chi connectivity index (χ0n) is 9.49. The molecule has 0 spiro atoms. The Hall–Kier alpha value is -1.10. The van der Waals surface area contributed by atoms with Gasteiger partial charge in [-0.25, -0.2) is 0 Å². The van der Waals surface area contributed by atoms with Crippen molar-refractivity contribution in [1.29, 1.82) is 0 Å². The third-order valence-corrected chi connectivity index (χ3v) is 2.23. The zero-order chi connectivity index (χ0) is 12.0. The van der Waals surface area contributed by atoms with Crippen molar-refractivity contribution in [1.82, 2.24) is 5.32 Å². The minimum absolute atomic E-state index is 0.0128. The molecule has 0 aliphatic heterocycles. The number of primary amides is 1. The molecule has 15 heavy (non-hydrogen) atoms. The molecule has 0 rings (SSSR count). The van der Waals surface area contributed by atoms with Gasteiger partial charge in [-0.2, -0.15) is 0 Å². The summed E-state index contributed by atoms with van der Waals surface area (Å²) < 4.78 is 0. The van der Waals surface area contributed by atoms with Crippen LogP contribution in [-0.4, -0.2) is 29.1 Å². The SMILES string of the molecule is CCCC(NC(C(N)=O)C(C)C)C(=O)O. The molecule has 0 aliphatic rings. The largest absolute Gasteiger partial charge is 0.480 e. The van der Waals surface area contributed by atoms with E-state index in [0.29, 0.717) is 6.42 Å². The summed E-state index contributed by atoms with van der Waals surface area (Å²) in [6.45, 7) is 5.55. The maximum absolute atomic E-state index is 11.1. The molecule has 2 atom stereocenters. The fourth-order valence-corrected chi connectivity index (χ4v) is 1.39. The first-order chi connectivity index (χ1) is 6.90. The van der Waals surface area contributed by atoms with Gasteiger partial charge in [-0.1, -0.05) is 27.2 Å². The number of carboxylic acid groups (broad SMARTS) is 1. The van der Waals surface area contributed by atoms with E-state index < -0.39 is 24.0 Å². The summed E-state index contributed by atoms with van der Waals surface area (Å²) in [5.41, 5.74) is 5.19. The highest BCUT2D eigenvalue weighted by Gasteiger charge is 2.26. The fraction of sp³-hybridized carbons (Fsp3) is 0.800. The number of rotatable bonds is 7. The lowest BCUT2D eigenvalue weighted by Gasteiger charge is -2.23. The number of nitrogens with one attached hydrogen (secondary N) is 1. The van der Waals surface area contributed by atoms with Crippen molar-refractivity contribution in [2.45, 2.75) is 45.7 Å². The number of nitrogens with two attached hydrogens (primary N) is 1. The van der Waals surface area contributed by atoms with Crippen LogP contribution in [0.5, 0.6) is 0 Å². The highest BCUT2D eigenvalue weighted by Crippen LogP contribution is 2.05. The molecule has 2 unspecified atom stereocenters. The van der Waals surface area contributed by atoms with Crippen molar-refractivity contribution in [3.8, 4) is 0 Å². The van der Waals surface area contributed by atoms with E-state index in [1.165, 1.54) is 0 Å². The minimum atomic E-state index is -0.941. The highest BCUT2D eigenvalue weighted by atomic mass is 16.4. The molecule has 0 aromatic carbocycles. The molecule has 0 aromatic rings. The molecule has 0 bridgehead atoms. The van der Waals surface area contributed by atoms with Crippen LogP contribution in [0.25, 0.3) is 0 Å². The Morgan fingerprint density at radius 1 is 1.40 bits per heavy atom. The second kappa shape index (κ2) is 6.40. The summed E-state index contributed by atoms with van der Waals surface area (Å²) in [5.74, 6) is -1.46. The number of aliphatic carboxylic acids is 1. The van der Waals surface area contributed by atoms with E-state index in [9.17, 15) is 9.59 Å². The van der Waals surface area contributed by atoms with E-state index in [4.69, 9.17) is 10.8 Å². The van der Waals surface area contributed by atoms with E-state index in [0.717, 1.165) is 6.42 Å². The van der Waals surface area contributed by atoms with Gasteiger partial charge in [0.15, 0.2) is 0 Å². The van der Waals surface area contributed by atoms with Crippen molar-refractivity contribution < 1.29 is 14.7 Å². The van der Waals surface area contributed by atoms with Gasteiger partial charge in [0.1, 0.15) is 6.04 Å². The third-order valence-electron chi connectivity index (χ3n) is 2.23. The Morgan fingerprint density at radius 3 is 2.20 bits per heavy atom. The Bertz CT molecular complexity index is 229. The van der Waals surface area contributed by atoms with E-state index in [1.54, 1.807) is 0 Å². The first-order valence-electron chi connectivity index (χ1n) is 5.18. The monoisotopic (exact) mass is 216 g/mol. The first kappa shape index (κ1) is 13.9. The molecule has 4 N–H and O–H groups in total. The molecule has 0 aromatic heterocycles. The number of carbonyl (C=O) groups excluding carboxylic acids is 1. The third kappa shape index (κ3) is 4.78. The molecule has 0 aliphatic carbocycles.